The van der Waals surface area contributed by atoms with E-state index in [9.17, 15) is 9.59 Å². The normalized spacial score (nSPS) is 14.2. The fourth-order valence-corrected chi connectivity index (χ4v) is 1.02. The Balaban J connectivity index is 3.77. The van der Waals surface area contributed by atoms with Gasteiger partial charge in [0.25, 0.3) is 0 Å². The lowest BCUT2D eigenvalue weighted by molar-refractivity contribution is -0.130. The van der Waals surface area contributed by atoms with E-state index in [1.807, 2.05) is 13.8 Å². The summed E-state index contributed by atoms with van der Waals surface area (Å²) in [5.74, 6) is -0.619. The number of nitrogens with two attached hydrogens (primary N) is 2. The van der Waals surface area contributed by atoms with Crippen molar-refractivity contribution in [3.63, 3.8) is 0 Å². The molecule has 0 saturated carbocycles. The van der Waals surface area contributed by atoms with E-state index in [4.69, 9.17) is 16.2 Å². The molecule has 1 atom stereocenters. The summed E-state index contributed by atoms with van der Waals surface area (Å²) in [7, 11) is 0. The Kier molecular flexibility index (Phi) is 6.67. The van der Waals surface area contributed by atoms with Crippen molar-refractivity contribution in [1.29, 1.82) is 0 Å². The maximum Gasteiger partial charge on any atom is 0.243 e. The van der Waals surface area contributed by atoms with Gasteiger partial charge in [-0.25, -0.2) is 0 Å². The predicted octanol–water partition coefficient (Wildman–Crippen LogP) is -1.02. The molecule has 16 heavy (non-hydrogen) atoms. The first-order valence-corrected chi connectivity index (χ1v) is 5.30. The highest BCUT2D eigenvalue weighted by atomic mass is 16.5. The van der Waals surface area contributed by atoms with Crippen molar-refractivity contribution in [1.82, 2.24) is 5.32 Å². The number of hydrogen-bond donors (Lipinski definition) is 3. The van der Waals surface area contributed by atoms with Crippen LogP contribution >= 0.6 is 0 Å². The minimum absolute atomic E-state index is 0.0971. The van der Waals surface area contributed by atoms with Crippen LogP contribution in [0.25, 0.3) is 0 Å². The molecule has 0 saturated heterocycles. The summed E-state index contributed by atoms with van der Waals surface area (Å²) in [6.07, 6.45) is 0.678. The molecule has 1 unspecified atom stereocenters. The first-order chi connectivity index (χ1) is 7.46. The van der Waals surface area contributed by atoms with Crippen LogP contribution in [-0.4, -0.2) is 38.1 Å². The van der Waals surface area contributed by atoms with Crippen molar-refractivity contribution in [2.75, 3.05) is 26.3 Å². The molecule has 5 N–H and O–H groups in total. The van der Waals surface area contributed by atoms with Gasteiger partial charge in [0.05, 0.1) is 12.0 Å². The lowest BCUT2D eigenvalue weighted by Gasteiger charge is -2.24. The zero-order chi connectivity index (χ0) is 12.6. The van der Waals surface area contributed by atoms with Crippen molar-refractivity contribution < 1.29 is 14.3 Å². The summed E-state index contributed by atoms with van der Waals surface area (Å²) < 4.78 is 4.90. The second kappa shape index (κ2) is 7.19. The summed E-state index contributed by atoms with van der Waals surface area (Å²) in [6.45, 7) is 4.51. The van der Waals surface area contributed by atoms with E-state index in [2.05, 4.69) is 5.32 Å². The maximum atomic E-state index is 11.7. The summed E-state index contributed by atoms with van der Waals surface area (Å²) in [5, 5.41) is 2.70. The van der Waals surface area contributed by atoms with Crippen molar-refractivity contribution in [2.45, 2.75) is 20.3 Å². The van der Waals surface area contributed by atoms with Crippen molar-refractivity contribution in [3.05, 3.63) is 0 Å². The molecule has 0 fully saturated rings. The van der Waals surface area contributed by atoms with Crippen LogP contribution < -0.4 is 16.8 Å². The van der Waals surface area contributed by atoms with Crippen LogP contribution in [0, 0.1) is 5.41 Å². The van der Waals surface area contributed by atoms with Gasteiger partial charge < -0.3 is 21.5 Å². The molecule has 0 spiro atoms. The molecule has 2 amide bonds. The zero-order valence-electron chi connectivity index (χ0n) is 9.91. The third-order valence-corrected chi connectivity index (χ3v) is 2.56. The number of amides is 2. The zero-order valence-corrected chi connectivity index (χ0v) is 9.91. The van der Waals surface area contributed by atoms with E-state index in [1.165, 1.54) is 0 Å². The average molecular weight is 231 g/mol. The van der Waals surface area contributed by atoms with E-state index in [0.717, 1.165) is 0 Å². The van der Waals surface area contributed by atoms with Gasteiger partial charge in [-0.2, -0.15) is 0 Å². The number of hydrogen-bond acceptors (Lipinski definition) is 4. The third kappa shape index (κ3) is 5.09. The molecule has 0 radical (unpaired) electrons. The van der Waals surface area contributed by atoms with Crippen molar-refractivity contribution in [3.8, 4) is 0 Å². The topological polar surface area (TPSA) is 107 Å². The van der Waals surface area contributed by atoms with Gasteiger partial charge >= 0.3 is 0 Å². The molecule has 6 nitrogen and oxygen atoms in total. The Hall–Kier alpha value is -1.14. The molecule has 94 valence electrons. The van der Waals surface area contributed by atoms with Crippen LogP contribution in [0.2, 0.25) is 0 Å². The molecule has 0 bridgehead atoms. The van der Waals surface area contributed by atoms with E-state index in [-0.39, 0.29) is 19.1 Å². The maximum absolute atomic E-state index is 11.7. The predicted molar refractivity (Wildman–Crippen MR) is 60.5 cm³/mol. The number of carbonyl (C=O) groups excluding carboxylic acids is 2. The monoisotopic (exact) mass is 231 g/mol. The van der Waals surface area contributed by atoms with Crippen LogP contribution in [0.4, 0.5) is 0 Å². The fraction of sp³-hybridized carbons (Fsp3) is 0.800. The third-order valence-electron chi connectivity index (χ3n) is 2.56. The number of nitrogens with one attached hydrogen (secondary N) is 1. The molecule has 0 aromatic heterocycles. The van der Waals surface area contributed by atoms with Gasteiger partial charge in [-0.3, -0.25) is 9.59 Å². The smallest absolute Gasteiger partial charge is 0.243 e. The lowest BCUT2D eigenvalue weighted by Crippen LogP contribution is -2.44. The number of carbonyl (C=O) groups is 2. The molecule has 6 heteroatoms. The Bertz CT molecular complexity index is 239. The van der Waals surface area contributed by atoms with Gasteiger partial charge in [-0.1, -0.05) is 6.92 Å². The van der Waals surface area contributed by atoms with Gasteiger partial charge in [0, 0.05) is 13.1 Å². The number of primary amides is 1. The van der Waals surface area contributed by atoms with Crippen molar-refractivity contribution in [2.24, 2.45) is 16.9 Å². The molecule has 0 aromatic carbocycles. The first kappa shape index (κ1) is 14.9. The van der Waals surface area contributed by atoms with Crippen LogP contribution in [0.3, 0.4) is 0 Å². The second-order valence-electron chi connectivity index (χ2n) is 3.89. The Morgan fingerprint density at radius 1 is 1.44 bits per heavy atom. The first-order valence-electron chi connectivity index (χ1n) is 5.30. The van der Waals surface area contributed by atoms with Crippen LogP contribution in [0.5, 0.6) is 0 Å². The Morgan fingerprint density at radius 3 is 2.50 bits per heavy atom. The largest absolute Gasteiger partial charge is 0.370 e. The standard InChI is InChI=1S/C10H21N3O3/c1-3-10(2,7-11)9(15)13-4-5-16-6-8(12)14/h3-7,11H2,1-2H3,(H2,12,14)(H,13,15). The summed E-state index contributed by atoms with van der Waals surface area (Å²) in [5.41, 5.74) is 9.88. The summed E-state index contributed by atoms with van der Waals surface area (Å²) in [4.78, 5) is 22.0. The fourth-order valence-electron chi connectivity index (χ4n) is 1.02. The molecule has 0 aromatic rings. The summed E-state index contributed by atoms with van der Waals surface area (Å²) in [6, 6.07) is 0. The highest BCUT2D eigenvalue weighted by molar-refractivity contribution is 5.82. The Morgan fingerprint density at radius 2 is 2.06 bits per heavy atom. The molecule has 0 heterocycles. The molecule has 0 aliphatic heterocycles. The van der Waals surface area contributed by atoms with Crippen LogP contribution in [0.1, 0.15) is 20.3 Å². The van der Waals surface area contributed by atoms with E-state index < -0.39 is 11.3 Å². The number of rotatable bonds is 8. The molecule has 0 aliphatic rings. The van der Waals surface area contributed by atoms with Crippen LogP contribution in [0.15, 0.2) is 0 Å². The van der Waals surface area contributed by atoms with Gasteiger partial charge in [-0.05, 0) is 13.3 Å². The molecular formula is C10H21N3O3. The summed E-state index contributed by atoms with van der Waals surface area (Å²) >= 11 is 0. The quantitative estimate of drug-likeness (QED) is 0.465. The highest BCUT2D eigenvalue weighted by Gasteiger charge is 2.28. The van der Waals surface area contributed by atoms with E-state index >= 15 is 0 Å². The minimum atomic E-state index is -0.538. The van der Waals surface area contributed by atoms with Gasteiger partial charge in [0.2, 0.25) is 11.8 Å². The van der Waals surface area contributed by atoms with E-state index in [1.54, 1.807) is 0 Å². The number of ether oxygens (including phenoxy) is 1. The lowest BCUT2D eigenvalue weighted by atomic mass is 9.87. The molecule has 0 rings (SSSR count). The highest BCUT2D eigenvalue weighted by Crippen LogP contribution is 2.18. The van der Waals surface area contributed by atoms with E-state index in [0.29, 0.717) is 19.5 Å². The second-order valence-corrected chi connectivity index (χ2v) is 3.89. The van der Waals surface area contributed by atoms with Crippen molar-refractivity contribution >= 4 is 11.8 Å². The Labute approximate surface area is 95.7 Å². The molecule has 0 aliphatic carbocycles. The average Bonchev–Trinajstić information content (AvgIpc) is 2.26. The van der Waals surface area contributed by atoms with Gasteiger partial charge in [0.1, 0.15) is 6.61 Å². The molecular weight excluding hydrogens is 210 g/mol. The SMILES string of the molecule is CCC(C)(CN)C(=O)NCCOCC(N)=O. The van der Waals surface area contributed by atoms with Gasteiger partial charge in [-0.15, -0.1) is 0 Å². The van der Waals surface area contributed by atoms with Crippen LogP contribution in [-0.2, 0) is 14.3 Å². The minimum Gasteiger partial charge on any atom is -0.370 e. The van der Waals surface area contributed by atoms with Gasteiger partial charge in [0.15, 0.2) is 0 Å².